The Hall–Kier alpha value is -3.74. The first kappa shape index (κ1) is 17.7. The Labute approximate surface area is 160 Å². The molecule has 0 radical (unpaired) electrons. The third-order valence-corrected chi connectivity index (χ3v) is 4.68. The molecule has 0 atom stereocenters. The Bertz CT molecular complexity index is 1230. The van der Waals surface area contributed by atoms with Crippen molar-refractivity contribution in [1.82, 2.24) is 9.55 Å². The molecule has 7 nitrogen and oxygen atoms in total. The summed E-state index contributed by atoms with van der Waals surface area (Å²) in [5.74, 6) is 0.0245. The van der Waals surface area contributed by atoms with Gasteiger partial charge in [-0.3, -0.25) is 9.78 Å². The minimum Gasteiger partial charge on any atom is -0.497 e. The molecule has 2 aromatic carbocycles. The number of nitrogens with one attached hydrogen (secondary N) is 2. The molecule has 0 aliphatic rings. The summed E-state index contributed by atoms with van der Waals surface area (Å²) in [4.78, 5) is 26.7. The highest BCUT2D eigenvalue weighted by Gasteiger charge is 2.17. The highest BCUT2D eigenvalue weighted by molar-refractivity contribution is 6.06. The monoisotopic (exact) mass is 377 g/mol. The SMILES string of the molecule is COc1ccc(-n2c(C)cc(C(=O)Nc3ccc4oc(=O)[nH]c4c3)c2C)cc1. The maximum absolute atomic E-state index is 12.8. The van der Waals surface area contributed by atoms with Crippen LogP contribution < -0.4 is 15.8 Å². The van der Waals surface area contributed by atoms with Crippen molar-refractivity contribution in [2.24, 2.45) is 0 Å². The molecule has 0 aliphatic heterocycles. The molecule has 4 aromatic rings. The molecule has 0 spiro atoms. The van der Waals surface area contributed by atoms with E-state index in [9.17, 15) is 9.59 Å². The van der Waals surface area contributed by atoms with Crippen molar-refractivity contribution in [2.75, 3.05) is 12.4 Å². The zero-order chi connectivity index (χ0) is 19.8. The number of oxazole rings is 1. The Morgan fingerprint density at radius 3 is 2.57 bits per heavy atom. The lowest BCUT2D eigenvalue weighted by atomic mass is 10.2. The van der Waals surface area contributed by atoms with E-state index in [0.717, 1.165) is 22.8 Å². The molecule has 0 aliphatic carbocycles. The fourth-order valence-electron chi connectivity index (χ4n) is 3.35. The van der Waals surface area contributed by atoms with Crippen molar-refractivity contribution in [3.63, 3.8) is 0 Å². The number of hydrogen-bond donors (Lipinski definition) is 2. The van der Waals surface area contributed by atoms with Gasteiger partial charge in [-0.05, 0) is 62.4 Å². The van der Waals surface area contributed by atoms with Gasteiger partial charge in [0.2, 0.25) is 0 Å². The normalized spacial score (nSPS) is 11.0. The van der Waals surface area contributed by atoms with Crippen LogP contribution in [0, 0.1) is 13.8 Å². The Balaban J connectivity index is 1.64. The van der Waals surface area contributed by atoms with E-state index in [0.29, 0.717) is 22.4 Å². The summed E-state index contributed by atoms with van der Waals surface area (Å²) in [5, 5.41) is 2.87. The number of hydrogen-bond acceptors (Lipinski definition) is 4. The smallest absolute Gasteiger partial charge is 0.417 e. The number of nitrogens with zero attached hydrogens (tertiary/aromatic N) is 1. The van der Waals surface area contributed by atoms with Crippen molar-refractivity contribution < 1.29 is 13.9 Å². The van der Waals surface area contributed by atoms with Gasteiger partial charge in [-0.1, -0.05) is 0 Å². The van der Waals surface area contributed by atoms with Crippen molar-refractivity contribution in [3.8, 4) is 11.4 Å². The van der Waals surface area contributed by atoms with Crippen LogP contribution in [0.25, 0.3) is 16.8 Å². The number of anilines is 1. The number of carbonyl (C=O) groups excluding carboxylic acids is 1. The fraction of sp³-hybridized carbons (Fsp3) is 0.143. The van der Waals surface area contributed by atoms with Crippen LogP contribution in [0.15, 0.2) is 57.7 Å². The molecule has 4 rings (SSSR count). The van der Waals surface area contributed by atoms with Crippen molar-refractivity contribution in [3.05, 3.63) is 76.0 Å². The number of H-pyrrole nitrogens is 1. The number of ether oxygens (including phenoxy) is 1. The number of aromatic amines is 1. The van der Waals surface area contributed by atoms with E-state index < -0.39 is 5.76 Å². The number of methoxy groups -OCH3 is 1. The average molecular weight is 377 g/mol. The zero-order valence-electron chi connectivity index (χ0n) is 15.7. The molecule has 1 amide bonds. The Kier molecular flexibility index (Phi) is 4.27. The lowest BCUT2D eigenvalue weighted by Crippen LogP contribution is -2.13. The standard InChI is InChI=1S/C21H19N3O4/c1-12-10-17(13(2)24(12)15-5-7-16(27-3)8-6-15)20(25)22-14-4-9-19-18(11-14)23-21(26)28-19/h4-11H,1-3H3,(H,22,25)(H,23,26). The van der Waals surface area contributed by atoms with Crippen LogP contribution in [0.4, 0.5) is 5.69 Å². The van der Waals surface area contributed by atoms with Gasteiger partial charge in [0.25, 0.3) is 5.91 Å². The van der Waals surface area contributed by atoms with Crippen LogP contribution in [-0.4, -0.2) is 22.6 Å². The average Bonchev–Trinajstić information content (AvgIpc) is 3.19. The van der Waals surface area contributed by atoms with Crippen molar-refractivity contribution in [2.45, 2.75) is 13.8 Å². The minimum atomic E-state index is -0.526. The summed E-state index contributed by atoms with van der Waals surface area (Å²) in [7, 11) is 1.63. The molecule has 0 saturated heterocycles. The van der Waals surface area contributed by atoms with Crippen LogP contribution in [0.5, 0.6) is 5.75 Å². The molecule has 0 bridgehead atoms. The van der Waals surface area contributed by atoms with Gasteiger partial charge in [0.15, 0.2) is 5.58 Å². The number of rotatable bonds is 4. The number of aryl methyl sites for hydroxylation is 1. The first-order valence-electron chi connectivity index (χ1n) is 8.74. The molecule has 0 saturated carbocycles. The summed E-state index contributed by atoms with van der Waals surface area (Å²) >= 11 is 0. The predicted molar refractivity (Wildman–Crippen MR) is 107 cm³/mol. The predicted octanol–water partition coefficient (Wildman–Crippen LogP) is 3.79. The van der Waals surface area contributed by atoms with Crippen LogP contribution in [-0.2, 0) is 0 Å². The number of fused-ring (bicyclic) bond motifs is 1. The molecule has 2 N–H and O–H groups in total. The van der Waals surface area contributed by atoms with E-state index in [1.807, 2.05) is 48.7 Å². The van der Waals surface area contributed by atoms with Crippen molar-refractivity contribution >= 4 is 22.7 Å². The second-order valence-corrected chi connectivity index (χ2v) is 6.50. The highest BCUT2D eigenvalue weighted by Crippen LogP contribution is 2.24. The molecule has 142 valence electrons. The molecule has 2 aromatic heterocycles. The van der Waals surface area contributed by atoms with E-state index in [2.05, 4.69) is 10.3 Å². The second kappa shape index (κ2) is 6.77. The maximum Gasteiger partial charge on any atom is 0.417 e. The third-order valence-electron chi connectivity index (χ3n) is 4.68. The van der Waals surface area contributed by atoms with Gasteiger partial charge in [0.1, 0.15) is 5.75 Å². The van der Waals surface area contributed by atoms with E-state index in [4.69, 9.17) is 9.15 Å². The quantitative estimate of drug-likeness (QED) is 0.566. The molecule has 0 fully saturated rings. The first-order valence-corrected chi connectivity index (χ1v) is 8.74. The first-order chi connectivity index (χ1) is 13.5. The van der Waals surface area contributed by atoms with Gasteiger partial charge in [-0.25, -0.2) is 4.79 Å². The van der Waals surface area contributed by atoms with Crippen molar-refractivity contribution in [1.29, 1.82) is 0 Å². The van der Waals surface area contributed by atoms with Crippen LogP contribution in [0.3, 0.4) is 0 Å². The number of aromatic nitrogens is 2. The second-order valence-electron chi connectivity index (χ2n) is 6.50. The Morgan fingerprint density at radius 2 is 1.86 bits per heavy atom. The Morgan fingerprint density at radius 1 is 1.11 bits per heavy atom. The molecule has 2 heterocycles. The van der Waals surface area contributed by atoms with E-state index in [-0.39, 0.29) is 5.91 Å². The molecular weight excluding hydrogens is 358 g/mol. The summed E-state index contributed by atoms with van der Waals surface area (Å²) in [5.41, 5.74) is 4.86. The van der Waals surface area contributed by atoms with Crippen LogP contribution >= 0.6 is 0 Å². The van der Waals surface area contributed by atoms with Crippen LogP contribution in [0.1, 0.15) is 21.7 Å². The lowest BCUT2D eigenvalue weighted by molar-refractivity contribution is 0.102. The lowest BCUT2D eigenvalue weighted by Gasteiger charge is -2.11. The van der Waals surface area contributed by atoms with Gasteiger partial charge in [0.05, 0.1) is 18.2 Å². The zero-order valence-corrected chi connectivity index (χ0v) is 15.7. The topological polar surface area (TPSA) is 89.3 Å². The number of benzene rings is 2. The maximum atomic E-state index is 12.8. The molecule has 0 unspecified atom stereocenters. The fourth-order valence-corrected chi connectivity index (χ4v) is 3.35. The van der Waals surface area contributed by atoms with Gasteiger partial charge >= 0.3 is 5.76 Å². The number of amides is 1. The summed E-state index contributed by atoms with van der Waals surface area (Å²) in [6.07, 6.45) is 0. The molecule has 28 heavy (non-hydrogen) atoms. The van der Waals surface area contributed by atoms with Gasteiger partial charge < -0.3 is 19.0 Å². The molecule has 7 heteroatoms. The van der Waals surface area contributed by atoms with E-state index in [1.54, 1.807) is 25.3 Å². The van der Waals surface area contributed by atoms with E-state index in [1.165, 1.54) is 0 Å². The largest absolute Gasteiger partial charge is 0.497 e. The molecular formula is C21H19N3O4. The summed E-state index contributed by atoms with van der Waals surface area (Å²) in [6.45, 7) is 3.86. The third kappa shape index (κ3) is 3.07. The van der Waals surface area contributed by atoms with Gasteiger partial charge in [-0.2, -0.15) is 0 Å². The summed E-state index contributed by atoms with van der Waals surface area (Å²) in [6, 6.07) is 14.5. The van der Waals surface area contributed by atoms with Crippen LogP contribution in [0.2, 0.25) is 0 Å². The summed E-state index contributed by atoms with van der Waals surface area (Å²) < 4.78 is 12.2. The number of carbonyl (C=O) groups is 1. The highest BCUT2D eigenvalue weighted by atomic mass is 16.5. The van der Waals surface area contributed by atoms with Gasteiger partial charge in [0, 0.05) is 22.8 Å². The minimum absolute atomic E-state index is 0.224. The van der Waals surface area contributed by atoms with E-state index >= 15 is 0 Å². The van der Waals surface area contributed by atoms with Gasteiger partial charge in [-0.15, -0.1) is 0 Å².